The molecule has 84 valence electrons. The van der Waals surface area contributed by atoms with Crippen LogP contribution in [-0.2, 0) is 9.53 Å². The van der Waals surface area contributed by atoms with Gasteiger partial charge < -0.3 is 10.1 Å². The second kappa shape index (κ2) is 6.82. The van der Waals surface area contributed by atoms with Crippen LogP contribution in [0.5, 0.6) is 0 Å². The number of hydrogen-bond donors (Lipinski definition) is 1. The summed E-state index contributed by atoms with van der Waals surface area (Å²) >= 11 is 0. The number of amides is 1. The standard InChI is InChI=1S/C11H23NO2/c1-5-11(4,12-9-13)7-6-8-14-10(2)3/h9-10H,5-8H2,1-4H3,(H,12,13). The maximum atomic E-state index is 10.4. The third-order valence-electron chi connectivity index (χ3n) is 2.51. The van der Waals surface area contributed by atoms with Crippen LogP contribution in [0.25, 0.3) is 0 Å². The van der Waals surface area contributed by atoms with Crippen LogP contribution in [0.4, 0.5) is 0 Å². The molecule has 3 nitrogen and oxygen atoms in total. The van der Waals surface area contributed by atoms with Crippen LogP contribution < -0.4 is 5.32 Å². The third-order valence-corrected chi connectivity index (χ3v) is 2.51. The van der Waals surface area contributed by atoms with Crippen molar-refractivity contribution in [2.75, 3.05) is 6.61 Å². The molecule has 0 aromatic carbocycles. The molecular weight excluding hydrogens is 178 g/mol. The lowest BCUT2D eigenvalue weighted by Crippen LogP contribution is -2.41. The molecule has 0 aliphatic carbocycles. The minimum atomic E-state index is -0.0674. The van der Waals surface area contributed by atoms with E-state index >= 15 is 0 Å². The largest absolute Gasteiger partial charge is 0.379 e. The Hall–Kier alpha value is -0.570. The zero-order chi connectivity index (χ0) is 11.0. The van der Waals surface area contributed by atoms with E-state index in [-0.39, 0.29) is 5.54 Å². The molecule has 1 amide bonds. The Bertz CT molecular complexity index is 159. The Labute approximate surface area is 87.2 Å². The summed E-state index contributed by atoms with van der Waals surface area (Å²) in [5.41, 5.74) is -0.0674. The van der Waals surface area contributed by atoms with Crippen LogP contribution in [-0.4, -0.2) is 24.7 Å². The fourth-order valence-corrected chi connectivity index (χ4v) is 1.27. The molecule has 0 aliphatic rings. The molecule has 0 bridgehead atoms. The van der Waals surface area contributed by atoms with Gasteiger partial charge in [0, 0.05) is 12.1 Å². The van der Waals surface area contributed by atoms with E-state index in [0.29, 0.717) is 6.10 Å². The Morgan fingerprint density at radius 1 is 1.50 bits per heavy atom. The van der Waals surface area contributed by atoms with Crippen molar-refractivity contribution in [1.82, 2.24) is 5.32 Å². The molecule has 0 saturated heterocycles. The van der Waals surface area contributed by atoms with Crippen molar-refractivity contribution < 1.29 is 9.53 Å². The van der Waals surface area contributed by atoms with Crippen LogP contribution in [0.3, 0.4) is 0 Å². The molecule has 0 rings (SSSR count). The van der Waals surface area contributed by atoms with Crippen LogP contribution in [0.15, 0.2) is 0 Å². The van der Waals surface area contributed by atoms with Gasteiger partial charge in [-0.15, -0.1) is 0 Å². The van der Waals surface area contributed by atoms with E-state index in [1.165, 1.54) is 0 Å². The van der Waals surface area contributed by atoms with Crippen molar-refractivity contribution >= 4 is 6.41 Å². The maximum Gasteiger partial charge on any atom is 0.207 e. The second-order valence-electron chi connectivity index (χ2n) is 4.20. The summed E-state index contributed by atoms with van der Waals surface area (Å²) in [6, 6.07) is 0. The molecular formula is C11H23NO2. The molecule has 0 fully saturated rings. The lowest BCUT2D eigenvalue weighted by molar-refractivity contribution is -0.111. The van der Waals surface area contributed by atoms with Crippen molar-refractivity contribution in [3.05, 3.63) is 0 Å². The highest BCUT2D eigenvalue weighted by atomic mass is 16.5. The number of rotatable bonds is 8. The van der Waals surface area contributed by atoms with Crippen molar-refractivity contribution in [2.45, 2.75) is 58.6 Å². The lowest BCUT2D eigenvalue weighted by atomic mass is 9.93. The van der Waals surface area contributed by atoms with Gasteiger partial charge in [0.2, 0.25) is 6.41 Å². The number of nitrogens with one attached hydrogen (secondary N) is 1. The molecule has 0 aliphatic heterocycles. The SMILES string of the molecule is CCC(C)(CCCOC(C)C)NC=O. The van der Waals surface area contributed by atoms with E-state index in [2.05, 4.69) is 19.2 Å². The van der Waals surface area contributed by atoms with Crippen LogP contribution in [0.1, 0.15) is 47.0 Å². The second-order valence-corrected chi connectivity index (χ2v) is 4.20. The molecule has 1 N–H and O–H groups in total. The van der Waals surface area contributed by atoms with Crippen molar-refractivity contribution in [2.24, 2.45) is 0 Å². The van der Waals surface area contributed by atoms with Gasteiger partial charge in [0.05, 0.1) is 6.10 Å². The van der Waals surface area contributed by atoms with E-state index < -0.39 is 0 Å². The van der Waals surface area contributed by atoms with Gasteiger partial charge in [0.1, 0.15) is 0 Å². The summed E-state index contributed by atoms with van der Waals surface area (Å²) in [6.45, 7) is 8.98. The van der Waals surface area contributed by atoms with Gasteiger partial charge in [0.15, 0.2) is 0 Å². The minimum absolute atomic E-state index is 0.0674. The minimum Gasteiger partial charge on any atom is -0.379 e. The summed E-state index contributed by atoms with van der Waals surface area (Å²) in [4.78, 5) is 10.4. The van der Waals surface area contributed by atoms with E-state index in [9.17, 15) is 4.79 Å². The van der Waals surface area contributed by atoms with Crippen molar-refractivity contribution in [3.8, 4) is 0 Å². The fourth-order valence-electron chi connectivity index (χ4n) is 1.27. The van der Waals surface area contributed by atoms with Gasteiger partial charge in [-0.1, -0.05) is 6.92 Å². The smallest absolute Gasteiger partial charge is 0.207 e. The van der Waals surface area contributed by atoms with Crippen LogP contribution in [0, 0.1) is 0 Å². The van der Waals surface area contributed by atoms with E-state index in [4.69, 9.17) is 4.74 Å². The zero-order valence-electron chi connectivity index (χ0n) is 9.80. The highest BCUT2D eigenvalue weighted by Gasteiger charge is 2.19. The quantitative estimate of drug-likeness (QED) is 0.482. The Kier molecular flexibility index (Phi) is 6.54. The highest BCUT2D eigenvalue weighted by Crippen LogP contribution is 2.15. The molecule has 0 aromatic rings. The van der Waals surface area contributed by atoms with E-state index in [1.807, 2.05) is 13.8 Å². The van der Waals surface area contributed by atoms with E-state index in [1.54, 1.807) is 0 Å². The monoisotopic (exact) mass is 201 g/mol. The molecule has 0 heterocycles. The maximum absolute atomic E-state index is 10.4. The van der Waals surface area contributed by atoms with Crippen LogP contribution in [0.2, 0.25) is 0 Å². The first-order valence-corrected chi connectivity index (χ1v) is 5.37. The lowest BCUT2D eigenvalue weighted by Gasteiger charge is -2.27. The average Bonchev–Trinajstić information content (AvgIpc) is 2.13. The van der Waals surface area contributed by atoms with Gasteiger partial charge in [-0.2, -0.15) is 0 Å². The third kappa shape index (κ3) is 5.97. The van der Waals surface area contributed by atoms with Gasteiger partial charge >= 0.3 is 0 Å². The number of hydrogen-bond acceptors (Lipinski definition) is 2. The first-order chi connectivity index (χ1) is 6.54. The average molecular weight is 201 g/mol. The fraction of sp³-hybridized carbons (Fsp3) is 0.909. The van der Waals surface area contributed by atoms with Crippen molar-refractivity contribution in [3.63, 3.8) is 0 Å². The Morgan fingerprint density at radius 3 is 2.57 bits per heavy atom. The topological polar surface area (TPSA) is 38.3 Å². The molecule has 1 unspecified atom stereocenters. The summed E-state index contributed by atoms with van der Waals surface area (Å²) in [5, 5.41) is 2.86. The summed E-state index contributed by atoms with van der Waals surface area (Å²) < 4.78 is 5.44. The van der Waals surface area contributed by atoms with Gasteiger partial charge in [-0.25, -0.2) is 0 Å². The molecule has 0 spiro atoms. The molecule has 0 radical (unpaired) electrons. The molecule has 14 heavy (non-hydrogen) atoms. The molecule has 0 aromatic heterocycles. The molecule has 0 saturated carbocycles. The highest BCUT2D eigenvalue weighted by molar-refractivity contribution is 5.47. The van der Waals surface area contributed by atoms with Crippen LogP contribution >= 0.6 is 0 Å². The normalized spacial score (nSPS) is 15.2. The molecule has 1 atom stereocenters. The molecule has 3 heteroatoms. The number of carbonyl (C=O) groups is 1. The predicted octanol–water partition coefficient (Wildman–Crippen LogP) is 2.11. The summed E-state index contributed by atoms with van der Waals surface area (Å²) in [6.07, 6.45) is 3.99. The van der Waals surface area contributed by atoms with Crippen molar-refractivity contribution in [1.29, 1.82) is 0 Å². The van der Waals surface area contributed by atoms with Gasteiger partial charge in [0.25, 0.3) is 0 Å². The zero-order valence-corrected chi connectivity index (χ0v) is 9.80. The first-order valence-electron chi connectivity index (χ1n) is 5.37. The number of carbonyl (C=O) groups excluding carboxylic acids is 1. The number of ether oxygens (including phenoxy) is 1. The summed E-state index contributed by atoms with van der Waals surface area (Å²) in [5.74, 6) is 0. The Morgan fingerprint density at radius 2 is 2.14 bits per heavy atom. The van der Waals surface area contributed by atoms with Gasteiger partial charge in [-0.3, -0.25) is 4.79 Å². The van der Waals surface area contributed by atoms with E-state index in [0.717, 1.165) is 32.3 Å². The van der Waals surface area contributed by atoms with Gasteiger partial charge in [-0.05, 0) is 40.0 Å². The Balaban J connectivity index is 3.66. The summed E-state index contributed by atoms with van der Waals surface area (Å²) in [7, 11) is 0. The first kappa shape index (κ1) is 13.4. The predicted molar refractivity (Wildman–Crippen MR) is 58.2 cm³/mol.